The molecule has 0 saturated heterocycles. The van der Waals surface area contributed by atoms with Crippen molar-refractivity contribution in [3.05, 3.63) is 215 Å². The van der Waals surface area contributed by atoms with Gasteiger partial charge < -0.3 is 43.4 Å². The summed E-state index contributed by atoms with van der Waals surface area (Å²) in [6, 6.07) is 26.7. The monoisotopic (exact) mass is 1210 g/mol. The fourth-order valence-electron chi connectivity index (χ4n) is 10.7. The molecule has 2 aliphatic rings. The standard InChI is InChI=1S/2C28H22N12O5/c29-20-21(23(42)22(20)41)31-15-3-1-2-12(8-15)11-30-26(44)19-10-18(33-27-36-37-28(45)40(19)27)25(43)32-17-7-5-13-9-14(4-6-16(13)17)24-34-38-39-35-24;29-20-21(23(42)22(20)41)31-15-3-1-2-12(8-15)11-30-25(43)18-10-19(40-27(33-18)36-37-28(40)45)26(44)32-17-7-5-13-9-14(4-6-16(13)17)24-34-38-39-35-24/h1-4,6,8-10,17,31H,5,7,11,29H2,(H,30,44)(H,32,43)(H,37,45)(H,34,35,38,39);1-4,6,8-10,17,31H,5,7,11,29H2,(H,30,43)(H,32,44)(H,37,45)(H,34,35,38,39)/t2*17-/m00/s1. The van der Waals surface area contributed by atoms with Gasteiger partial charge >= 0.3 is 11.4 Å². The number of benzene rings is 4. The number of anilines is 6. The highest BCUT2D eigenvalue weighted by Gasteiger charge is 2.30. The zero-order chi connectivity index (χ0) is 62.5. The van der Waals surface area contributed by atoms with Gasteiger partial charge in [-0.25, -0.2) is 38.6 Å². The van der Waals surface area contributed by atoms with Crippen molar-refractivity contribution in [3.63, 3.8) is 0 Å². The number of aromatic amines is 4. The van der Waals surface area contributed by atoms with Crippen LogP contribution < -0.4 is 76.5 Å². The number of nitrogens with zero attached hydrogens (tertiary/aromatic N) is 12. The van der Waals surface area contributed by atoms with E-state index in [4.69, 9.17) is 11.5 Å². The summed E-state index contributed by atoms with van der Waals surface area (Å²) in [5.41, 5.74) is 14.0. The Morgan fingerprint density at radius 3 is 1.43 bits per heavy atom. The second kappa shape index (κ2) is 22.8. The zero-order valence-corrected chi connectivity index (χ0v) is 46.2. The molecule has 34 nitrogen and oxygen atoms in total. The van der Waals surface area contributed by atoms with E-state index in [1.54, 1.807) is 48.5 Å². The Kier molecular flexibility index (Phi) is 14.2. The molecule has 0 spiro atoms. The van der Waals surface area contributed by atoms with Crippen molar-refractivity contribution in [3.8, 4) is 22.8 Å². The van der Waals surface area contributed by atoms with Crippen LogP contribution in [0.4, 0.5) is 34.1 Å². The van der Waals surface area contributed by atoms with E-state index in [2.05, 4.69) is 104 Å². The van der Waals surface area contributed by atoms with Crippen LogP contribution in [0.1, 0.15) is 100 Å². The Hall–Kier alpha value is -13.0. The van der Waals surface area contributed by atoms with Crippen LogP contribution in [0, 0.1) is 0 Å². The number of aromatic nitrogens is 16. The van der Waals surface area contributed by atoms with Crippen molar-refractivity contribution in [1.82, 2.24) is 102 Å². The molecule has 0 bridgehead atoms. The molecule has 6 heterocycles. The molecular formula is C56H44N24O10. The normalized spacial score (nSPS) is 14.0. The third kappa shape index (κ3) is 10.6. The molecule has 0 aliphatic heterocycles. The second-order valence-corrected chi connectivity index (χ2v) is 20.7. The quantitative estimate of drug-likeness (QED) is 0.0554. The number of hydrogen-bond acceptors (Lipinski definition) is 24. The predicted octanol–water partition coefficient (Wildman–Crippen LogP) is -0.266. The van der Waals surface area contributed by atoms with Crippen molar-refractivity contribution < 1.29 is 19.2 Å². The summed E-state index contributed by atoms with van der Waals surface area (Å²) in [7, 11) is 0. The van der Waals surface area contributed by atoms with Crippen molar-refractivity contribution in [2.75, 3.05) is 22.1 Å². The summed E-state index contributed by atoms with van der Waals surface area (Å²) >= 11 is 0. The van der Waals surface area contributed by atoms with Crippen LogP contribution in [0.15, 0.2) is 126 Å². The molecular weight excluding hydrogens is 1170 g/mol. The molecule has 34 heteroatoms. The van der Waals surface area contributed by atoms with Crippen LogP contribution in [-0.4, -0.2) is 104 Å². The Balaban J connectivity index is 0.000000165. The molecule has 2 aliphatic carbocycles. The molecule has 90 heavy (non-hydrogen) atoms. The molecule has 2 atom stereocenters. The summed E-state index contributed by atoms with van der Waals surface area (Å²) in [6.07, 6.45) is 2.70. The maximum Gasteiger partial charge on any atom is 0.349 e. The minimum atomic E-state index is -0.740. The minimum Gasteiger partial charge on any atom is -0.394 e. The van der Waals surface area contributed by atoms with Crippen LogP contribution in [0.2, 0.25) is 0 Å². The maximum absolute atomic E-state index is 13.5. The van der Waals surface area contributed by atoms with Crippen molar-refractivity contribution in [2.24, 2.45) is 0 Å². The van der Waals surface area contributed by atoms with Crippen LogP contribution in [0.5, 0.6) is 0 Å². The van der Waals surface area contributed by atoms with Crippen LogP contribution in [0.3, 0.4) is 0 Å². The summed E-state index contributed by atoms with van der Waals surface area (Å²) < 4.78 is 1.98. The molecule has 0 radical (unpaired) electrons. The number of amides is 4. The van der Waals surface area contributed by atoms with Crippen LogP contribution in [-0.2, 0) is 25.9 Å². The topological polar surface area (TPSA) is 496 Å². The first-order chi connectivity index (χ1) is 43.5. The Morgan fingerprint density at radius 2 is 0.967 bits per heavy atom. The smallest absolute Gasteiger partial charge is 0.349 e. The van der Waals surface area contributed by atoms with Crippen molar-refractivity contribution in [1.29, 1.82) is 0 Å². The SMILES string of the molecule is Nc1c(Nc2cccc(CNC(=O)c3cc(C(=O)N[C@H]4CCc5cc(-c6nn[nH]n6)ccc54)n4c(=O)[nH]nc4n3)c2)c(=O)c1=O.Nc1c(Nc2cccc(CNC(=O)c3cc(C(=O)N[C@H]4CCc5cc(-c6nn[nH]n6)ccc54)nc4n[nH]c(=O)n34)c2)c(=O)c1=O. The van der Waals surface area contributed by atoms with Crippen molar-refractivity contribution in [2.45, 2.75) is 50.9 Å². The molecule has 0 fully saturated rings. The minimum absolute atomic E-state index is 0.0141. The number of H-pyrrole nitrogens is 4. The average Bonchev–Trinajstić information content (AvgIpc) is 1.50. The zero-order valence-electron chi connectivity index (χ0n) is 46.2. The van der Waals surface area contributed by atoms with Gasteiger partial charge in [-0.15, -0.1) is 30.6 Å². The van der Waals surface area contributed by atoms with E-state index in [9.17, 15) is 47.9 Å². The van der Waals surface area contributed by atoms with E-state index in [-0.39, 0.29) is 82.3 Å². The average molecular weight is 1210 g/mol. The molecule has 448 valence electrons. The number of nitrogens with one attached hydrogen (secondary N) is 10. The first-order valence-corrected chi connectivity index (χ1v) is 27.3. The molecule has 12 aromatic rings. The first-order valence-electron chi connectivity index (χ1n) is 27.3. The number of fused-ring (bicyclic) bond motifs is 4. The number of carbonyl (C=O) groups excluding carboxylic acids is 4. The lowest BCUT2D eigenvalue weighted by Crippen LogP contribution is -2.36. The van der Waals surface area contributed by atoms with Gasteiger partial charge in [0.05, 0.1) is 12.1 Å². The third-order valence-corrected chi connectivity index (χ3v) is 15.2. The van der Waals surface area contributed by atoms with Gasteiger partial charge in [-0.05, 0) is 118 Å². The Morgan fingerprint density at radius 1 is 0.511 bits per heavy atom. The maximum atomic E-state index is 13.5. The number of aryl methyl sites for hydroxylation is 2. The lowest BCUT2D eigenvalue weighted by Gasteiger charge is -2.15. The fraction of sp³-hybridized carbons (Fsp3) is 0.143. The number of hydrogen-bond donors (Lipinski definition) is 12. The van der Waals surface area contributed by atoms with Gasteiger partial charge in [-0.1, -0.05) is 48.5 Å². The Labute approximate surface area is 499 Å². The van der Waals surface area contributed by atoms with E-state index < -0.39 is 56.7 Å². The van der Waals surface area contributed by atoms with Crippen LogP contribution >= 0.6 is 0 Å². The second-order valence-electron chi connectivity index (χ2n) is 20.7. The van der Waals surface area contributed by atoms with E-state index >= 15 is 0 Å². The predicted molar refractivity (Wildman–Crippen MR) is 317 cm³/mol. The first kappa shape index (κ1) is 56.1. The number of nitrogen functional groups attached to an aromatic ring is 2. The van der Waals surface area contributed by atoms with Gasteiger partial charge in [0.15, 0.2) is 0 Å². The van der Waals surface area contributed by atoms with E-state index in [1.807, 2.05) is 36.4 Å². The van der Waals surface area contributed by atoms with Crippen molar-refractivity contribution >= 4 is 69.3 Å². The van der Waals surface area contributed by atoms with Crippen LogP contribution in [0.25, 0.3) is 34.3 Å². The Bertz CT molecular complexity index is 5160. The fourth-order valence-corrected chi connectivity index (χ4v) is 10.7. The molecule has 4 amide bonds. The molecule has 14 N–H and O–H groups in total. The molecule has 0 unspecified atom stereocenters. The summed E-state index contributed by atoms with van der Waals surface area (Å²) in [5.74, 6) is -1.77. The molecule has 6 aromatic carbocycles. The van der Waals surface area contributed by atoms with E-state index in [1.165, 1.54) is 12.1 Å². The highest BCUT2D eigenvalue weighted by Crippen LogP contribution is 2.35. The number of rotatable bonds is 16. The number of tetrazole rings is 2. The molecule has 0 saturated carbocycles. The lowest BCUT2D eigenvalue weighted by atomic mass is 10.0. The molecule has 6 aromatic heterocycles. The van der Waals surface area contributed by atoms with Gasteiger partial charge in [0.2, 0.25) is 11.6 Å². The van der Waals surface area contributed by atoms with E-state index in [0.29, 0.717) is 53.4 Å². The van der Waals surface area contributed by atoms with E-state index in [0.717, 1.165) is 48.6 Å². The highest BCUT2D eigenvalue weighted by atomic mass is 16.2. The van der Waals surface area contributed by atoms with Gasteiger partial charge in [0, 0.05) is 35.6 Å². The largest absolute Gasteiger partial charge is 0.394 e. The van der Waals surface area contributed by atoms with Gasteiger partial charge in [-0.3, -0.25) is 38.4 Å². The third-order valence-electron chi connectivity index (χ3n) is 15.2. The highest BCUT2D eigenvalue weighted by molar-refractivity contribution is 5.99. The van der Waals surface area contributed by atoms with Gasteiger partial charge in [0.25, 0.3) is 56.9 Å². The summed E-state index contributed by atoms with van der Waals surface area (Å²) in [5, 5.41) is 57.3. The lowest BCUT2D eigenvalue weighted by molar-refractivity contribution is 0.0918. The van der Waals surface area contributed by atoms with Gasteiger partial charge in [-0.2, -0.15) is 10.4 Å². The molecule has 14 rings (SSSR count). The summed E-state index contributed by atoms with van der Waals surface area (Å²) in [6.45, 7) is 0.0840. The number of nitrogens with two attached hydrogens (primary N) is 2. The van der Waals surface area contributed by atoms with Gasteiger partial charge in [0.1, 0.15) is 45.5 Å². The number of carbonyl (C=O) groups is 4. The summed E-state index contributed by atoms with van der Waals surface area (Å²) in [4.78, 5) is 133.